The summed E-state index contributed by atoms with van der Waals surface area (Å²) in [5.74, 6) is 0. The van der Waals surface area contributed by atoms with Crippen LogP contribution in [0.25, 0.3) is 0 Å². The summed E-state index contributed by atoms with van der Waals surface area (Å²) in [7, 11) is -1.73. The molecule has 0 aliphatic heterocycles. The van der Waals surface area contributed by atoms with Gasteiger partial charge in [-0.15, -0.1) is 11.3 Å². The molecule has 1 aromatic heterocycles. The Morgan fingerprint density at radius 1 is 1.19 bits per heavy atom. The van der Waals surface area contributed by atoms with E-state index >= 15 is 0 Å². The van der Waals surface area contributed by atoms with Crippen LogP contribution in [0.1, 0.15) is 29.8 Å². The summed E-state index contributed by atoms with van der Waals surface area (Å²) in [5, 5.41) is 4.96. The number of rotatable bonds is 7. The molecule has 0 saturated carbocycles. The highest BCUT2D eigenvalue weighted by Crippen LogP contribution is 2.25. The van der Waals surface area contributed by atoms with E-state index in [0.717, 1.165) is 10.4 Å². The molecule has 1 unspecified atom stereocenters. The molecule has 6 heteroatoms. The van der Waals surface area contributed by atoms with Crippen molar-refractivity contribution in [2.45, 2.75) is 30.8 Å². The predicted molar refractivity (Wildman–Crippen MR) is 86.9 cm³/mol. The van der Waals surface area contributed by atoms with E-state index in [4.69, 9.17) is 0 Å². The monoisotopic (exact) mass is 324 g/mol. The van der Waals surface area contributed by atoms with Crippen molar-refractivity contribution in [3.8, 4) is 0 Å². The predicted octanol–water partition coefficient (Wildman–Crippen LogP) is 2.90. The molecule has 4 nitrogen and oxygen atoms in total. The fourth-order valence-corrected chi connectivity index (χ4v) is 4.66. The summed E-state index contributed by atoms with van der Waals surface area (Å²) in [4.78, 5) is 1.38. The summed E-state index contributed by atoms with van der Waals surface area (Å²) >= 11 is 1.57. The molecule has 1 atom stereocenters. The van der Waals surface area contributed by atoms with Crippen molar-refractivity contribution in [2.75, 3.05) is 7.05 Å². The number of sulfonamides is 1. The molecule has 114 valence electrons. The van der Waals surface area contributed by atoms with E-state index in [2.05, 4.69) is 10.0 Å². The first-order chi connectivity index (χ1) is 10.1. The maximum absolute atomic E-state index is 12.7. The number of nitrogens with one attached hydrogen (secondary N) is 2. The van der Waals surface area contributed by atoms with Crippen molar-refractivity contribution in [1.29, 1.82) is 0 Å². The first-order valence-electron chi connectivity index (χ1n) is 6.86. The second-order valence-electron chi connectivity index (χ2n) is 4.74. The van der Waals surface area contributed by atoms with Gasteiger partial charge in [0, 0.05) is 11.4 Å². The van der Waals surface area contributed by atoms with Gasteiger partial charge in [-0.1, -0.05) is 31.2 Å². The minimum Gasteiger partial charge on any atom is -0.316 e. The highest BCUT2D eigenvalue weighted by Gasteiger charge is 2.22. The molecule has 21 heavy (non-hydrogen) atoms. The smallest absolute Gasteiger partial charge is 0.241 e. The van der Waals surface area contributed by atoms with E-state index in [1.165, 1.54) is 0 Å². The van der Waals surface area contributed by atoms with Crippen molar-refractivity contribution in [1.82, 2.24) is 10.0 Å². The first kappa shape index (κ1) is 16.2. The van der Waals surface area contributed by atoms with Gasteiger partial charge in [-0.2, -0.15) is 0 Å². The van der Waals surface area contributed by atoms with Crippen LogP contribution in [0.4, 0.5) is 0 Å². The second-order valence-corrected chi connectivity index (χ2v) is 7.40. The molecule has 0 spiro atoms. The molecule has 0 aliphatic carbocycles. The Hall–Kier alpha value is -1.21. The third kappa shape index (κ3) is 3.91. The van der Waals surface area contributed by atoms with Gasteiger partial charge in [-0.05, 0) is 36.5 Å². The maximum Gasteiger partial charge on any atom is 0.241 e. The van der Waals surface area contributed by atoms with E-state index < -0.39 is 10.0 Å². The standard InChI is InChI=1S/C15H20N2O2S2/c1-3-13(14-8-6-10-20-14)17-21(18,19)15-9-5-4-7-12(15)11-16-2/h4-10,13,16-17H,3,11H2,1-2H3. The molecule has 0 fully saturated rings. The molecule has 0 radical (unpaired) electrons. The van der Waals surface area contributed by atoms with Crippen LogP contribution in [-0.2, 0) is 16.6 Å². The van der Waals surface area contributed by atoms with Gasteiger partial charge in [0.25, 0.3) is 0 Å². The van der Waals surface area contributed by atoms with Crippen LogP contribution < -0.4 is 10.0 Å². The molecule has 2 aromatic rings. The van der Waals surface area contributed by atoms with Crippen molar-refractivity contribution < 1.29 is 8.42 Å². The van der Waals surface area contributed by atoms with Gasteiger partial charge in [0.1, 0.15) is 0 Å². The molecule has 0 bridgehead atoms. The highest BCUT2D eigenvalue weighted by atomic mass is 32.2. The zero-order valence-electron chi connectivity index (χ0n) is 12.2. The molecule has 0 amide bonds. The Kier molecular flexibility index (Phi) is 5.52. The summed E-state index contributed by atoms with van der Waals surface area (Å²) < 4.78 is 28.1. The van der Waals surface area contributed by atoms with Crippen LogP contribution in [0.2, 0.25) is 0 Å². The molecule has 1 aromatic carbocycles. The Morgan fingerprint density at radius 3 is 2.57 bits per heavy atom. The maximum atomic E-state index is 12.7. The fourth-order valence-electron chi connectivity index (χ4n) is 2.19. The lowest BCUT2D eigenvalue weighted by atomic mass is 10.2. The molecular formula is C15H20N2O2S2. The number of hydrogen-bond acceptors (Lipinski definition) is 4. The van der Waals surface area contributed by atoms with Gasteiger partial charge in [0.05, 0.1) is 10.9 Å². The minimum absolute atomic E-state index is 0.183. The second kappa shape index (κ2) is 7.17. The Bertz CT molecular complexity index is 667. The van der Waals surface area contributed by atoms with Crippen LogP contribution >= 0.6 is 11.3 Å². The van der Waals surface area contributed by atoms with Crippen molar-refractivity contribution in [3.63, 3.8) is 0 Å². The zero-order chi connectivity index (χ0) is 15.3. The number of benzene rings is 1. The van der Waals surface area contributed by atoms with Crippen molar-refractivity contribution >= 4 is 21.4 Å². The minimum atomic E-state index is -3.53. The molecule has 1 heterocycles. The van der Waals surface area contributed by atoms with Crippen LogP contribution in [0, 0.1) is 0 Å². The SMILES string of the molecule is CCC(NS(=O)(=O)c1ccccc1CNC)c1cccs1. The van der Waals surface area contributed by atoms with Gasteiger partial charge < -0.3 is 5.32 Å². The van der Waals surface area contributed by atoms with E-state index in [1.54, 1.807) is 30.5 Å². The summed E-state index contributed by atoms with van der Waals surface area (Å²) in [6.45, 7) is 2.50. The first-order valence-corrected chi connectivity index (χ1v) is 9.23. The largest absolute Gasteiger partial charge is 0.316 e. The van der Waals surface area contributed by atoms with Gasteiger partial charge in [0.15, 0.2) is 0 Å². The van der Waals surface area contributed by atoms with E-state index in [-0.39, 0.29) is 6.04 Å². The van der Waals surface area contributed by atoms with E-state index in [1.807, 2.05) is 36.6 Å². The average molecular weight is 324 g/mol. The van der Waals surface area contributed by atoms with E-state index in [9.17, 15) is 8.42 Å². The van der Waals surface area contributed by atoms with Gasteiger partial charge in [0.2, 0.25) is 10.0 Å². The summed E-state index contributed by atoms with van der Waals surface area (Å²) in [6, 6.07) is 10.8. The van der Waals surface area contributed by atoms with Gasteiger partial charge in [-0.25, -0.2) is 13.1 Å². The Balaban J connectivity index is 2.30. The molecular weight excluding hydrogens is 304 g/mol. The average Bonchev–Trinajstić information content (AvgIpc) is 3.00. The topological polar surface area (TPSA) is 58.2 Å². The number of hydrogen-bond donors (Lipinski definition) is 2. The third-order valence-corrected chi connectivity index (χ3v) is 5.78. The molecule has 0 saturated heterocycles. The Morgan fingerprint density at radius 2 is 1.95 bits per heavy atom. The lowest BCUT2D eigenvalue weighted by molar-refractivity contribution is 0.551. The summed E-state index contributed by atoms with van der Waals surface area (Å²) in [6.07, 6.45) is 0.716. The van der Waals surface area contributed by atoms with Crippen LogP contribution in [0.5, 0.6) is 0 Å². The summed E-state index contributed by atoms with van der Waals surface area (Å²) in [5.41, 5.74) is 0.772. The van der Waals surface area contributed by atoms with Crippen LogP contribution in [0.3, 0.4) is 0 Å². The van der Waals surface area contributed by atoms with Crippen LogP contribution in [0.15, 0.2) is 46.7 Å². The number of thiophene rings is 1. The molecule has 2 rings (SSSR count). The lowest BCUT2D eigenvalue weighted by Crippen LogP contribution is -2.29. The van der Waals surface area contributed by atoms with Crippen molar-refractivity contribution in [2.24, 2.45) is 0 Å². The van der Waals surface area contributed by atoms with Gasteiger partial charge >= 0.3 is 0 Å². The van der Waals surface area contributed by atoms with E-state index in [0.29, 0.717) is 17.9 Å². The zero-order valence-corrected chi connectivity index (χ0v) is 13.8. The molecule has 0 aliphatic rings. The normalized spacial score (nSPS) is 13.2. The third-order valence-electron chi connectivity index (χ3n) is 3.22. The fraction of sp³-hybridized carbons (Fsp3) is 0.333. The lowest BCUT2D eigenvalue weighted by Gasteiger charge is -2.17. The highest BCUT2D eigenvalue weighted by molar-refractivity contribution is 7.89. The molecule has 2 N–H and O–H groups in total. The van der Waals surface area contributed by atoms with Crippen LogP contribution in [-0.4, -0.2) is 15.5 Å². The Labute approximate surface area is 130 Å². The van der Waals surface area contributed by atoms with Gasteiger partial charge in [-0.3, -0.25) is 0 Å². The van der Waals surface area contributed by atoms with Crippen molar-refractivity contribution in [3.05, 3.63) is 52.2 Å². The quantitative estimate of drug-likeness (QED) is 0.823.